The van der Waals surface area contributed by atoms with Gasteiger partial charge in [-0.3, -0.25) is 10.1 Å². The van der Waals surface area contributed by atoms with Crippen LogP contribution in [0.15, 0.2) is 53.1 Å². The lowest BCUT2D eigenvalue weighted by molar-refractivity contribution is -0.385. The van der Waals surface area contributed by atoms with E-state index in [1.165, 1.54) is 0 Å². The van der Waals surface area contributed by atoms with E-state index in [9.17, 15) is 23.3 Å². The van der Waals surface area contributed by atoms with Gasteiger partial charge in [-0.1, -0.05) is 35.5 Å². The van der Waals surface area contributed by atoms with Crippen LogP contribution in [0.3, 0.4) is 0 Å². The summed E-state index contributed by atoms with van der Waals surface area (Å²) in [4.78, 5) is 13.8. The molecule has 2 aromatic carbocycles. The van der Waals surface area contributed by atoms with Gasteiger partial charge < -0.3 is 9.26 Å². The van der Waals surface area contributed by atoms with Crippen LogP contribution in [0.5, 0.6) is 5.75 Å². The average Bonchev–Trinajstić information content (AvgIpc) is 3.07. The number of aromatic nitrogens is 2. The van der Waals surface area contributed by atoms with Crippen LogP contribution < -0.4 is 4.74 Å². The second-order valence-electron chi connectivity index (χ2n) is 5.49. The van der Waals surface area contributed by atoms with Crippen LogP contribution in [0.1, 0.15) is 22.8 Å². The molecule has 0 saturated heterocycles. The number of nitro benzene ring substituents is 1. The topological polar surface area (TPSA) is 91.3 Å². The van der Waals surface area contributed by atoms with Crippen molar-refractivity contribution in [3.05, 3.63) is 81.5 Å². The highest BCUT2D eigenvalue weighted by molar-refractivity contribution is 5.45. The summed E-state index contributed by atoms with van der Waals surface area (Å²) in [6, 6.07) is 11.6. The van der Waals surface area contributed by atoms with Crippen LogP contribution in [0.25, 0.3) is 0 Å². The number of non-ortho nitro benzene ring substituents is 1. The third-order valence-corrected chi connectivity index (χ3v) is 3.55. The second-order valence-corrected chi connectivity index (χ2v) is 5.49. The largest absolute Gasteiger partial charge is 0.483 e. The highest BCUT2D eigenvalue weighted by atomic mass is 19.4. The number of hydrogen-bond donors (Lipinski definition) is 0. The Bertz CT molecular complexity index is 942. The lowest BCUT2D eigenvalue weighted by atomic mass is 10.1. The van der Waals surface area contributed by atoms with Gasteiger partial charge in [-0.05, 0) is 11.6 Å². The molecule has 0 spiro atoms. The zero-order valence-corrected chi connectivity index (χ0v) is 13.6. The zero-order chi connectivity index (χ0) is 19.4. The Morgan fingerprint density at radius 2 is 1.89 bits per heavy atom. The minimum atomic E-state index is -4.81. The third kappa shape index (κ3) is 4.60. The summed E-state index contributed by atoms with van der Waals surface area (Å²) in [5, 5.41) is 14.4. The number of nitro groups is 1. The first kappa shape index (κ1) is 18.4. The zero-order valence-electron chi connectivity index (χ0n) is 13.6. The van der Waals surface area contributed by atoms with Gasteiger partial charge in [0.25, 0.3) is 11.6 Å². The van der Waals surface area contributed by atoms with Gasteiger partial charge in [0.15, 0.2) is 12.4 Å². The van der Waals surface area contributed by atoms with Crippen LogP contribution in [0, 0.1) is 10.1 Å². The summed E-state index contributed by atoms with van der Waals surface area (Å²) in [7, 11) is 0. The Labute approximate surface area is 150 Å². The highest BCUT2D eigenvalue weighted by Crippen LogP contribution is 2.38. The van der Waals surface area contributed by atoms with Gasteiger partial charge >= 0.3 is 6.18 Å². The molecule has 1 heterocycles. The van der Waals surface area contributed by atoms with E-state index in [-0.39, 0.29) is 5.89 Å². The molecule has 0 aliphatic carbocycles. The second kappa shape index (κ2) is 7.44. The number of halogens is 3. The molecule has 140 valence electrons. The molecule has 1 aromatic heterocycles. The standard InChI is InChI=1S/C17H12F3N3O4/c18-17(19,20)13-9-12(23(24)25)6-7-14(13)26-10-16-21-15(22-27-16)8-11-4-2-1-3-5-11/h1-7,9H,8,10H2. The molecule has 0 saturated carbocycles. The SMILES string of the molecule is O=[N+]([O-])c1ccc(OCc2nc(Cc3ccccc3)no2)c(C(F)(F)F)c1. The van der Waals surface area contributed by atoms with E-state index in [0.29, 0.717) is 18.3 Å². The monoisotopic (exact) mass is 379 g/mol. The van der Waals surface area contributed by atoms with Crippen LogP contribution in [-0.4, -0.2) is 15.1 Å². The van der Waals surface area contributed by atoms with Gasteiger partial charge in [-0.25, -0.2) is 0 Å². The summed E-state index contributed by atoms with van der Waals surface area (Å²) < 4.78 is 49.4. The van der Waals surface area contributed by atoms with Gasteiger partial charge in [0.1, 0.15) is 11.3 Å². The number of benzene rings is 2. The normalized spacial score (nSPS) is 11.4. The molecule has 0 radical (unpaired) electrons. The maximum absolute atomic E-state index is 13.1. The van der Waals surface area contributed by atoms with Crippen LogP contribution in [-0.2, 0) is 19.2 Å². The van der Waals surface area contributed by atoms with Gasteiger partial charge in [0, 0.05) is 18.6 Å². The third-order valence-electron chi connectivity index (χ3n) is 3.55. The number of rotatable bonds is 6. The smallest absolute Gasteiger partial charge is 0.420 e. The number of nitrogens with zero attached hydrogens (tertiary/aromatic N) is 3. The van der Waals surface area contributed by atoms with E-state index < -0.39 is 34.7 Å². The summed E-state index contributed by atoms with van der Waals surface area (Å²) in [5.74, 6) is -0.206. The summed E-state index contributed by atoms with van der Waals surface area (Å²) in [5.41, 5.74) is -0.987. The first-order chi connectivity index (χ1) is 12.8. The predicted molar refractivity (Wildman–Crippen MR) is 86.0 cm³/mol. The molecule has 0 atom stereocenters. The molecule has 0 unspecified atom stereocenters. The lowest BCUT2D eigenvalue weighted by Gasteiger charge is -2.12. The van der Waals surface area contributed by atoms with Gasteiger partial charge in [0.05, 0.1) is 4.92 Å². The van der Waals surface area contributed by atoms with Crippen LogP contribution in [0.4, 0.5) is 18.9 Å². The first-order valence-electron chi connectivity index (χ1n) is 7.67. The fourth-order valence-corrected chi connectivity index (χ4v) is 2.32. The van der Waals surface area contributed by atoms with Crippen molar-refractivity contribution in [2.75, 3.05) is 0 Å². The van der Waals surface area contributed by atoms with Crippen molar-refractivity contribution in [3.8, 4) is 5.75 Å². The van der Waals surface area contributed by atoms with Crippen molar-refractivity contribution in [1.29, 1.82) is 0 Å². The Balaban J connectivity index is 1.72. The van der Waals surface area contributed by atoms with Crippen molar-refractivity contribution < 1.29 is 27.4 Å². The molecule has 3 rings (SSSR count). The number of hydrogen-bond acceptors (Lipinski definition) is 6. The van der Waals surface area contributed by atoms with Gasteiger partial charge in [-0.2, -0.15) is 18.2 Å². The molecular formula is C17H12F3N3O4. The average molecular weight is 379 g/mol. The van der Waals surface area contributed by atoms with E-state index in [4.69, 9.17) is 9.26 Å². The molecule has 7 nitrogen and oxygen atoms in total. The molecule has 0 aliphatic rings. The summed E-state index contributed by atoms with van der Waals surface area (Å²) >= 11 is 0. The fraction of sp³-hybridized carbons (Fsp3) is 0.176. The molecule has 0 N–H and O–H groups in total. The van der Waals surface area contributed by atoms with E-state index in [0.717, 1.165) is 17.7 Å². The summed E-state index contributed by atoms with van der Waals surface area (Å²) in [6.07, 6.45) is -4.41. The van der Waals surface area contributed by atoms with Gasteiger partial charge in [-0.15, -0.1) is 0 Å². The molecule has 0 fully saturated rings. The van der Waals surface area contributed by atoms with E-state index in [1.807, 2.05) is 30.3 Å². The summed E-state index contributed by atoms with van der Waals surface area (Å²) in [6.45, 7) is -0.400. The lowest BCUT2D eigenvalue weighted by Crippen LogP contribution is -2.09. The van der Waals surface area contributed by atoms with Crippen LogP contribution >= 0.6 is 0 Å². The molecular weight excluding hydrogens is 367 g/mol. The molecule has 10 heteroatoms. The molecule has 3 aromatic rings. The van der Waals surface area contributed by atoms with Crippen molar-refractivity contribution in [2.45, 2.75) is 19.2 Å². The minimum absolute atomic E-state index is 0.00703. The molecule has 27 heavy (non-hydrogen) atoms. The fourth-order valence-electron chi connectivity index (χ4n) is 2.32. The number of alkyl halides is 3. The van der Waals surface area contributed by atoms with Crippen molar-refractivity contribution in [1.82, 2.24) is 10.1 Å². The van der Waals surface area contributed by atoms with E-state index >= 15 is 0 Å². The van der Waals surface area contributed by atoms with Crippen molar-refractivity contribution >= 4 is 5.69 Å². The minimum Gasteiger partial charge on any atom is -0.483 e. The molecule has 0 amide bonds. The van der Waals surface area contributed by atoms with E-state index in [2.05, 4.69) is 10.1 Å². The maximum atomic E-state index is 13.1. The molecule has 0 aliphatic heterocycles. The Kier molecular flexibility index (Phi) is 5.06. The Morgan fingerprint density at radius 1 is 1.15 bits per heavy atom. The number of ether oxygens (including phenoxy) is 1. The van der Waals surface area contributed by atoms with E-state index in [1.54, 1.807) is 0 Å². The van der Waals surface area contributed by atoms with Crippen molar-refractivity contribution in [2.24, 2.45) is 0 Å². The Hall–Kier alpha value is -3.43. The maximum Gasteiger partial charge on any atom is 0.420 e. The predicted octanol–water partition coefficient (Wildman–Crippen LogP) is 4.17. The Morgan fingerprint density at radius 3 is 2.56 bits per heavy atom. The highest BCUT2D eigenvalue weighted by Gasteiger charge is 2.36. The van der Waals surface area contributed by atoms with Gasteiger partial charge in [0.2, 0.25) is 0 Å². The molecule has 0 bridgehead atoms. The quantitative estimate of drug-likeness (QED) is 0.472. The van der Waals surface area contributed by atoms with Crippen molar-refractivity contribution in [3.63, 3.8) is 0 Å². The van der Waals surface area contributed by atoms with Crippen LogP contribution in [0.2, 0.25) is 0 Å². The first-order valence-corrected chi connectivity index (χ1v) is 7.67.